The number of hydrogen-bond acceptors (Lipinski definition) is 7. The van der Waals surface area contributed by atoms with E-state index < -0.39 is 10.0 Å². The molecule has 0 aliphatic carbocycles. The van der Waals surface area contributed by atoms with E-state index in [1.54, 1.807) is 10.9 Å². The molecule has 0 radical (unpaired) electrons. The van der Waals surface area contributed by atoms with Gasteiger partial charge >= 0.3 is 0 Å². The van der Waals surface area contributed by atoms with Crippen molar-refractivity contribution in [3.8, 4) is 0 Å². The molecule has 0 bridgehead atoms. The van der Waals surface area contributed by atoms with Gasteiger partial charge in [-0.1, -0.05) is 0 Å². The van der Waals surface area contributed by atoms with Crippen LogP contribution < -0.4 is 11.1 Å². The molecule has 2 aromatic rings. The molecule has 8 nitrogen and oxygen atoms in total. The van der Waals surface area contributed by atoms with Gasteiger partial charge in [-0.3, -0.25) is 4.68 Å². The van der Waals surface area contributed by atoms with Crippen LogP contribution in [-0.4, -0.2) is 47.5 Å². The van der Waals surface area contributed by atoms with Gasteiger partial charge in [-0.15, -0.1) is 0 Å². The number of nitrogens with two attached hydrogens (primary N) is 1. The van der Waals surface area contributed by atoms with Gasteiger partial charge in [0.05, 0.1) is 12.7 Å². The van der Waals surface area contributed by atoms with Crippen LogP contribution in [0.5, 0.6) is 0 Å². The van der Waals surface area contributed by atoms with Gasteiger partial charge in [0.15, 0.2) is 10.7 Å². The van der Waals surface area contributed by atoms with E-state index in [9.17, 15) is 8.42 Å². The van der Waals surface area contributed by atoms with Gasteiger partial charge < -0.3 is 11.1 Å². The van der Waals surface area contributed by atoms with Crippen molar-refractivity contribution in [2.75, 3.05) is 31.7 Å². The predicted molar refractivity (Wildman–Crippen MR) is 82.9 cm³/mol. The molecule has 0 unspecified atom stereocenters. The third kappa shape index (κ3) is 3.34. The summed E-state index contributed by atoms with van der Waals surface area (Å²) in [6.45, 7) is 3.11. The third-order valence-corrected chi connectivity index (χ3v) is 5.64. The molecular weight excluding hydrogens is 312 g/mol. The summed E-state index contributed by atoms with van der Waals surface area (Å²) < 4.78 is 31.3. The Hall–Kier alpha value is -1.65. The van der Waals surface area contributed by atoms with Crippen molar-refractivity contribution in [3.05, 3.63) is 18.0 Å². The second kappa shape index (κ2) is 6.00. The van der Waals surface area contributed by atoms with Gasteiger partial charge in [0.25, 0.3) is 0 Å². The average Bonchev–Trinajstić information content (AvgIpc) is 2.96. The Balaban J connectivity index is 2.11. The van der Waals surface area contributed by atoms with Gasteiger partial charge in [-0.2, -0.15) is 9.47 Å². The summed E-state index contributed by atoms with van der Waals surface area (Å²) in [6.07, 6.45) is 3.69. The number of hydrogen-bond donors (Lipinski definition) is 2. The van der Waals surface area contributed by atoms with E-state index in [0.29, 0.717) is 18.1 Å². The highest BCUT2D eigenvalue weighted by Gasteiger charge is 2.27. The molecule has 0 fully saturated rings. The lowest BCUT2D eigenvalue weighted by atomic mass is 10.4. The molecule has 2 aromatic heterocycles. The van der Waals surface area contributed by atoms with Crippen LogP contribution >= 0.6 is 11.5 Å². The Kier molecular flexibility index (Phi) is 4.49. The molecule has 0 aromatic carbocycles. The Morgan fingerprint density at radius 1 is 1.48 bits per heavy atom. The SMILES string of the molecule is Cc1cnn(CCNc2snc(N)c2S(=O)(=O)N(C)C)c1. The van der Waals surface area contributed by atoms with E-state index in [1.807, 2.05) is 13.1 Å². The summed E-state index contributed by atoms with van der Waals surface area (Å²) in [7, 11) is -0.692. The quantitative estimate of drug-likeness (QED) is 0.803. The minimum atomic E-state index is -3.61. The van der Waals surface area contributed by atoms with Gasteiger partial charge in [-0.25, -0.2) is 12.7 Å². The molecule has 0 atom stereocenters. The lowest BCUT2D eigenvalue weighted by Gasteiger charge is -2.12. The second-order valence-corrected chi connectivity index (χ2v) is 7.58. The Morgan fingerprint density at radius 2 is 2.19 bits per heavy atom. The molecule has 0 amide bonds. The normalized spacial score (nSPS) is 12.0. The Labute approximate surface area is 127 Å². The van der Waals surface area contributed by atoms with Crippen molar-refractivity contribution in [1.82, 2.24) is 18.5 Å². The summed E-state index contributed by atoms with van der Waals surface area (Å²) in [6, 6.07) is 0. The molecule has 2 rings (SSSR count). The predicted octanol–water partition coefficient (Wildman–Crippen LogP) is 0.593. The smallest absolute Gasteiger partial charge is 0.249 e. The molecule has 0 saturated heterocycles. The van der Waals surface area contributed by atoms with Crippen LogP contribution in [0.1, 0.15) is 5.56 Å². The summed E-state index contributed by atoms with van der Waals surface area (Å²) in [5, 5.41) is 7.68. The molecular formula is C11H18N6O2S2. The van der Waals surface area contributed by atoms with E-state index >= 15 is 0 Å². The fraction of sp³-hybridized carbons (Fsp3) is 0.455. The molecule has 2 heterocycles. The van der Waals surface area contributed by atoms with E-state index in [2.05, 4.69) is 14.8 Å². The van der Waals surface area contributed by atoms with E-state index in [0.717, 1.165) is 21.4 Å². The van der Waals surface area contributed by atoms with Gasteiger partial charge in [0.2, 0.25) is 10.0 Å². The Morgan fingerprint density at radius 3 is 2.76 bits per heavy atom. The minimum Gasteiger partial charge on any atom is -0.382 e. The van der Waals surface area contributed by atoms with E-state index in [-0.39, 0.29) is 10.7 Å². The number of nitrogen functional groups attached to an aromatic ring is 1. The van der Waals surface area contributed by atoms with Gasteiger partial charge in [0.1, 0.15) is 5.00 Å². The molecule has 0 spiro atoms. The van der Waals surface area contributed by atoms with Crippen LogP contribution in [0.3, 0.4) is 0 Å². The van der Waals surface area contributed by atoms with Crippen LogP contribution in [-0.2, 0) is 16.6 Å². The molecule has 10 heteroatoms. The third-order valence-electron chi connectivity index (χ3n) is 2.80. The molecule has 21 heavy (non-hydrogen) atoms. The van der Waals surface area contributed by atoms with Crippen molar-refractivity contribution < 1.29 is 8.42 Å². The number of nitrogens with one attached hydrogen (secondary N) is 1. The van der Waals surface area contributed by atoms with Crippen molar-refractivity contribution in [2.24, 2.45) is 0 Å². The zero-order valence-electron chi connectivity index (χ0n) is 12.1. The van der Waals surface area contributed by atoms with Gasteiger partial charge in [-0.05, 0) is 24.0 Å². The van der Waals surface area contributed by atoms with Crippen molar-refractivity contribution in [3.63, 3.8) is 0 Å². The maximum Gasteiger partial charge on any atom is 0.249 e. The summed E-state index contributed by atoms with van der Waals surface area (Å²) in [5.41, 5.74) is 6.76. The summed E-state index contributed by atoms with van der Waals surface area (Å²) in [5.74, 6) is 0.0196. The summed E-state index contributed by atoms with van der Waals surface area (Å²) in [4.78, 5) is 0.0362. The molecule has 116 valence electrons. The lowest BCUT2D eigenvalue weighted by Crippen LogP contribution is -2.24. The fourth-order valence-corrected chi connectivity index (χ4v) is 3.81. The fourth-order valence-electron chi connectivity index (χ4n) is 1.71. The van der Waals surface area contributed by atoms with Crippen molar-refractivity contribution >= 4 is 32.4 Å². The number of anilines is 2. The van der Waals surface area contributed by atoms with Crippen LogP contribution in [0.25, 0.3) is 0 Å². The highest BCUT2D eigenvalue weighted by molar-refractivity contribution is 7.89. The topological polar surface area (TPSA) is 106 Å². The minimum absolute atomic E-state index is 0.0196. The Bertz CT molecular complexity index is 719. The maximum absolute atomic E-state index is 12.2. The highest BCUT2D eigenvalue weighted by atomic mass is 32.2. The van der Waals surface area contributed by atoms with Crippen molar-refractivity contribution in [2.45, 2.75) is 18.4 Å². The van der Waals surface area contributed by atoms with Crippen LogP contribution in [0.15, 0.2) is 17.3 Å². The largest absolute Gasteiger partial charge is 0.382 e. The zero-order chi connectivity index (χ0) is 15.6. The van der Waals surface area contributed by atoms with E-state index in [4.69, 9.17) is 5.73 Å². The molecule has 0 aliphatic heterocycles. The monoisotopic (exact) mass is 330 g/mol. The van der Waals surface area contributed by atoms with E-state index in [1.165, 1.54) is 14.1 Å². The number of nitrogens with zero attached hydrogens (tertiary/aromatic N) is 4. The standard InChI is InChI=1S/C11H18N6O2S2/c1-8-6-14-17(7-8)5-4-13-11-9(10(12)15-20-11)21(18,19)16(2)3/h6-7,13H,4-5H2,1-3H3,(H2,12,15). The first-order chi connectivity index (χ1) is 9.82. The first kappa shape index (κ1) is 15.7. The second-order valence-electron chi connectivity index (χ2n) is 4.72. The summed E-state index contributed by atoms with van der Waals surface area (Å²) >= 11 is 1.04. The van der Waals surface area contributed by atoms with Crippen LogP contribution in [0.4, 0.5) is 10.8 Å². The van der Waals surface area contributed by atoms with Crippen LogP contribution in [0, 0.1) is 6.92 Å². The first-order valence-corrected chi connectivity index (χ1v) is 8.44. The zero-order valence-corrected chi connectivity index (χ0v) is 13.7. The number of sulfonamides is 1. The van der Waals surface area contributed by atoms with Gasteiger partial charge in [0, 0.05) is 26.8 Å². The number of rotatable bonds is 6. The number of aryl methyl sites for hydroxylation is 1. The lowest BCUT2D eigenvalue weighted by molar-refractivity contribution is 0.521. The molecule has 0 saturated carbocycles. The highest BCUT2D eigenvalue weighted by Crippen LogP contribution is 2.32. The first-order valence-electron chi connectivity index (χ1n) is 6.23. The van der Waals surface area contributed by atoms with Crippen LogP contribution in [0.2, 0.25) is 0 Å². The molecule has 3 N–H and O–H groups in total. The average molecular weight is 330 g/mol. The maximum atomic E-state index is 12.2. The molecule has 0 aliphatic rings. The number of aromatic nitrogens is 3. The van der Waals surface area contributed by atoms with Crippen molar-refractivity contribution in [1.29, 1.82) is 0 Å².